The second kappa shape index (κ2) is 5.86. The van der Waals surface area contributed by atoms with Gasteiger partial charge in [-0.15, -0.1) is 0 Å². The molecule has 1 heterocycles. The molecule has 2 atom stereocenters. The summed E-state index contributed by atoms with van der Waals surface area (Å²) in [7, 11) is 0. The first-order valence-electron chi connectivity index (χ1n) is 6.70. The Labute approximate surface area is 118 Å². The zero-order chi connectivity index (χ0) is 14.0. The normalized spacial score (nSPS) is 22.9. The molecular weight excluding hydrogens is 260 g/mol. The van der Waals surface area contributed by atoms with E-state index in [1.807, 2.05) is 25.6 Å². The van der Waals surface area contributed by atoms with Crippen molar-refractivity contribution in [3.05, 3.63) is 11.4 Å². The molecule has 1 saturated carbocycles. The number of nitrogens with one attached hydrogen (secondary N) is 2. The van der Waals surface area contributed by atoms with Crippen LogP contribution in [-0.2, 0) is 0 Å². The number of aromatic nitrogens is 2. The van der Waals surface area contributed by atoms with Gasteiger partial charge >= 0.3 is 0 Å². The van der Waals surface area contributed by atoms with Crippen LogP contribution in [0.15, 0.2) is 0 Å². The molecule has 1 fully saturated rings. The van der Waals surface area contributed by atoms with Gasteiger partial charge in [-0.05, 0) is 31.4 Å². The topological polar surface area (TPSA) is 83.8 Å². The number of carbonyl (C=O) groups is 1. The lowest BCUT2D eigenvalue weighted by Gasteiger charge is -2.12. The molecule has 0 spiro atoms. The number of thioether (sulfide) groups is 1. The molecule has 0 saturated heterocycles. The molecule has 0 aliphatic heterocycles. The molecule has 6 heteroatoms. The summed E-state index contributed by atoms with van der Waals surface area (Å²) in [6.45, 7) is 4.04. The van der Waals surface area contributed by atoms with Crippen molar-refractivity contribution < 1.29 is 4.79 Å². The van der Waals surface area contributed by atoms with Crippen molar-refractivity contribution in [2.24, 2.45) is 0 Å². The number of amides is 1. The van der Waals surface area contributed by atoms with Crippen LogP contribution in [0.25, 0.3) is 0 Å². The largest absolute Gasteiger partial charge is 0.395 e. The highest BCUT2D eigenvalue weighted by Crippen LogP contribution is 2.29. The molecule has 0 radical (unpaired) electrons. The van der Waals surface area contributed by atoms with E-state index < -0.39 is 0 Å². The first-order valence-corrected chi connectivity index (χ1v) is 7.99. The monoisotopic (exact) mass is 282 g/mol. The Kier molecular flexibility index (Phi) is 4.39. The molecule has 1 aliphatic rings. The summed E-state index contributed by atoms with van der Waals surface area (Å²) < 4.78 is 0. The maximum atomic E-state index is 12.2. The van der Waals surface area contributed by atoms with Gasteiger partial charge in [0.2, 0.25) is 0 Å². The van der Waals surface area contributed by atoms with Crippen molar-refractivity contribution >= 4 is 23.4 Å². The average molecular weight is 282 g/mol. The summed E-state index contributed by atoms with van der Waals surface area (Å²) in [5.41, 5.74) is 7.61. The standard InChI is InChI=1S/C13H22N4OS/c1-7(2)11-10(14)12(17-16-11)13(18)15-8-4-5-9(6-8)19-3/h7-9H,4-6,14H2,1-3H3,(H,15,18)(H,16,17). The van der Waals surface area contributed by atoms with Crippen LogP contribution in [0, 0.1) is 0 Å². The number of hydrogen-bond donors (Lipinski definition) is 3. The van der Waals surface area contributed by atoms with E-state index in [0.717, 1.165) is 18.5 Å². The van der Waals surface area contributed by atoms with Gasteiger partial charge in [-0.3, -0.25) is 9.89 Å². The van der Waals surface area contributed by atoms with Gasteiger partial charge in [0.05, 0.1) is 11.4 Å². The average Bonchev–Trinajstić information content (AvgIpc) is 2.95. The first-order chi connectivity index (χ1) is 9.02. The fraction of sp³-hybridized carbons (Fsp3) is 0.692. The number of H-pyrrole nitrogens is 1. The van der Waals surface area contributed by atoms with E-state index in [0.29, 0.717) is 16.6 Å². The van der Waals surface area contributed by atoms with Crippen molar-refractivity contribution in [1.82, 2.24) is 15.5 Å². The van der Waals surface area contributed by atoms with Crippen LogP contribution in [0.2, 0.25) is 0 Å². The third-order valence-electron chi connectivity index (χ3n) is 3.68. The maximum Gasteiger partial charge on any atom is 0.274 e. The Morgan fingerprint density at radius 2 is 2.26 bits per heavy atom. The molecule has 0 bridgehead atoms. The van der Waals surface area contributed by atoms with E-state index in [1.54, 1.807) is 0 Å². The van der Waals surface area contributed by atoms with Crippen LogP contribution in [0.5, 0.6) is 0 Å². The Bertz CT molecular complexity index is 457. The lowest BCUT2D eigenvalue weighted by atomic mass is 10.1. The van der Waals surface area contributed by atoms with Gasteiger partial charge in [0.1, 0.15) is 0 Å². The summed E-state index contributed by atoms with van der Waals surface area (Å²) >= 11 is 1.87. The number of nitrogens with zero attached hydrogens (tertiary/aromatic N) is 1. The number of anilines is 1. The number of aromatic amines is 1. The highest BCUT2D eigenvalue weighted by atomic mass is 32.2. The molecular formula is C13H22N4OS. The lowest BCUT2D eigenvalue weighted by molar-refractivity contribution is 0.0934. The Hall–Kier alpha value is -1.17. The number of carbonyl (C=O) groups excluding carboxylic acids is 1. The molecule has 1 amide bonds. The Morgan fingerprint density at radius 1 is 1.53 bits per heavy atom. The van der Waals surface area contributed by atoms with Gasteiger partial charge in [-0.25, -0.2) is 0 Å². The van der Waals surface area contributed by atoms with Gasteiger partial charge in [0.15, 0.2) is 5.69 Å². The molecule has 1 aliphatic carbocycles. The molecule has 0 aromatic carbocycles. The molecule has 5 nitrogen and oxygen atoms in total. The molecule has 1 aromatic rings. The van der Waals surface area contributed by atoms with Crippen molar-refractivity contribution in [3.8, 4) is 0 Å². The molecule has 1 aromatic heterocycles. The van der Waals surface area contributed by atoms with E-state index in [1.165, 1.54) is 6.42 Å². The van der Waals surface area contributed by atoms with Crippen LogP contribution < -0.4 is 11.1 Å². The summed E-state index contributed by atoms with van der Waals surface area (Å²) in [5.74, 6) is 0.0776. The summed E-state index contributed by atoms with van der Waals surface area (Å²) in [5, 5.41) is 10.6. The molecule has 2 rings (SSSR count). The fourth-order valence-corrected chi connectivity index (χ4v) is 3.31. The van der Waals surface area contributed by atoms with Crippen LogP contribution in [0.1, 0.15) is 55.2 Å². The third-order valence-corrected chi connectivity index (χ3v) is 4.77. The predicted octanol–water partition coefficient (Wildman–Crippen LogP) is 2.13. The minimum Gasteiger partial charge on any atom is -0.395 e. The van der Waals surface area contributed by atoms with Crippen molar-refractivity contribution in [2.75, 3.05) is 12.0 Å². The number of rotatable bonds is 4. The van der Waals surface area contributed by atoms with Gasteiger partial charge < -0.3 is 11.1 Å². The second-order valence-corrected chi connectivity index (χ2v) is 6.53. The quantitative estimate of drug-likeness (QED) is 0.790. The number of hydrogen-bond acceptors (Lipinski definition) is 4. The third kappa shape index (κ3) is 3.05. The SMILES string of the molecule is CSC1CCC(NC(=O)c2n[nH]c(C(C)C)c2N)C1. The molecule has 106 valence electrons. The summed E-state index contributed by atoms with van der Waals surface area (Å²) in [6, 6.07) is 0.253. The summed E-state index contributed by atoms with van der Waals surface area (Å²) in [4.78, 5) is 12.2. The van der Waals surface area contributed by atoms with Crippen molar-refractivity contribution in [3.63, 3.8) is 0 Å². The lowest BCUT2D eigenvalue weighted by Crippen LogP contribution is -2.33. The minimum absolute atomic E-state index is 0.160. The fourth-order valence-electron chi connectivity index (χ4n) is 2.52. The van der Waals surface area contributed by atoms with E-state index in [4.69, 9.17) is 5.73 Å². The second-order valence-electron chi connectivity index (χ2n) is 5.40. The maximum absolute atomic E-state index is 12.2. The van der Waals surface area contributed by atoms with Gasteiger partial charge in [-0.1, -0.05) is 13.8 Å². The zero-order valence-corrected chi connectivity index (χ0v) is 12.5. The predicted molar refractivity (Wildman–Crippen MR) is 79.5 cm³/mol. The van der Waals surface area contributed by atoms with Crippen LogP contribution in [0.4, 0.5) is 5.69 Å². The summed E-state index contributed by atoms with van der Waals surface area (Å²) in [6.07, 6.45) is 5.36. The van der Waals surface area contributed by atoms with E-state index >= 15 is 0 Å². The molecule has 19 heavy (non-hydrogen) atoms. The van der Waals surface area contributed by atoms with Crippen LogP contribution >= 0.6 is 11.8 Å². The van der Waals surface area contributed by atoms with Gasteiger partial charge in [0.25, 0.3) is 5.91 Å². The van der Waals surface area contributed by atoms with Crippen molar-refractivity contribution in [1.29, 1.82) is 0 Å². The van der Waals surface area contributed by atoms with E-state index in [-0.39, 0.29) is 17.9 Å². The van der Waals surface area contributed by atoms with Crippen LogP contribution in [-0.4, -0.2) is 33.7 Å². The highest BCUT2D eigenvalue weighted by molar-refractivity contribution is 7.99. The van der Waals surface area contributed by atoms with Crippen molar-refractivity contribution in [2.45, 2.75) is 50.3 Å². The Balaban J connectivity index is 2.01. The van der Waals surface area contributed by atoms with Gasteiger partial charge in [-0.2, -0.15) is 16.9 Å². The highest BCUT2D eigenvalue weighted by Gasteiger charge is 2.27. The molecule has 2 unspecified atom stereocenters. The van der Waals surface area contributed by atoms with E-state index in [9.17, 15) is 4.79 Å². The van der Waals surface area contributed by atoms with Gasteiger partial charge in [0, 0.05) is 11.3 Å². The Morgan fingerprint density at radius 3 is 2.79 bits per heavy atom. The number of nitrogens with two attached hydrogens (primary N) is 1. The smallest absolute Gasteiger partial charge is 0.274 e. The van der Waals surface area contributed by atoms with E-state index in [2.05, 4.69) is 21.8 Å². The zero-order valence-electron chi connectivity index (χ0n) is 11.7. The number of nitrogen functional groups attached to an aromatic ring is 1. The minimum atomic E-state index is -0.160. The van der Waals surface area contributed by atoms with Crippen LogP contribution in [0.3, 0.4) is 0 Å². The molecule has 4 N–H and O–H groups in total. The first kappa shape index (κ1) is 14.2.